The van der Waals surface area contributed by atoms with Gasteiger partial charge in [0.2, 0.25) is 0 Å². The van der Waals surface area contributed by atoms with Crippen LogP contribution in [0.3, 0.4) is 0 Å². The first-order valence-corrected chi connectivity index (χ1v) is 6.50. The molecule has 16 heavy (non-hydrogen) atoms. The maximum atomic E-state index is 5.46. The summed E-state index contributed by atoms with van der Waals surface area (Å²) in [5.41, 5.74) is 2.65. The van der Waals surface area contributed by atoms with Gasteiger partial charge in [0.25, 0.3) is 0 Å². The minimum atomic E-state index is 0.278. The van der Waals surface area contributed by atoms with Crippen molar-refractivity contribution >= 4 is 15.9 Å². The molecule has 0 radical (unpaired) electrons. The highest BCUT2D eigenvalue weighted by Crippen LogP contribution is 2.15. The van der Waals surface area contributed by atoms with Crippen molar-refractivity contribution in [2.24, 2.45) is 0 Å². The Balaban J connectivity index is 2.37. The highest BCUT2D eigenvalue weighted by atomic mass is 79.9. The molecule has 1 N–H and O–H groups in total. The third kappa shape index (κ3) is 4.64. The average Bonchev–Trinajstić information content (AvgIpc) is 2.22. The minimum absolute atomic E-state index is 0.278. The van der Waals surface area contributed by atoms with E-state index >= 15 is 0 Å². The van der Waals surface area contributed by atoms with Crippen molar-refractivity contribution in [3.8, 4) is 0 Å². The summed E-state index contributed by atoms with van der Waals surface area (Å²) in [7, 11) is 0. The molecule has 1 aromatic carbocycles. The minimum Gasteiger partial charge on any atom is -0.377 e. The standard InChI is InChI=1S/C13H20BrNO/c1-4-16-11(3)8-15-9-12-5-6-13(14)7-10(12)2/h5-7,11,15H,4,8-9H2,1-3H3. The van der Waals surface area contributed by atoms with Gasteiger partial charge in [0.05, 0.1) is 6.10 Å². The maximum absolute atomic E-state index is 5.46. The Labute approximate surface area is 107 Å². The predicted octanol–water partition coefficient (Wildman–Crippen LogP) is 3.27. The van der Waals surface area contributed by atoms with E-state index in [1.54, 1.807) is 0 Å². The molecule has 0 aliphatic heterocycles. The number of hydrogen-bond acceptors (Lipinski definition) is 2. The summed E-state index contributed by atoms with van der Waals surface area (Å²) >= 11 is 3.47. The first-order valence-electron chi connectivity index (χ1n) is 5.70. The van der Waals surface area contributed by atoms with Gasteiger partial charge in [-0.05, 0) is 44.0 Å². The third-order valence-corrected chi connectivity index (χ3v) is 3.00. The van der Waals surface area contributed by atoms with E-state index < -0.39 is 0 Å². The quantitative estimate of drug-likeness (QED) is 0.866. The lowest BCUT2D eigenvalue weighted by atomic mass is 10.1. The van der Waals surface area contributed by atoms with Gasteiger partial charge >= 0.3 is 0 Å². The van der Waals surface area contributed by atoms with Crippen LogP contribution in [-0.2, 0) is 11.3 Å². The van der Waals surface area contributed by atoms with Gasteiger partial charge in [0.15, 0.2) is 0 Å². The summed E-state index contributed by atoms with van der Waals surface area (Å²) in [6.45, 7) is 8.81. The van der Waals surface area contributed by atoms with Gasteiger partial charge in [-0.1, -0.05) is 22.0 Å². The number of rotatable bonds is 6. The van der Waals surface area contributed by atoms with Gasteiger partial charge in [0.1, 0.15) is 0 Å². The molecule has 1 atom stereocenters. The Kier molecular flexibility index (Phi) is 6.03. The first kappa shape index (κ1) is 13.7. The SMILES string of the molecule is CCOC(C)CNCc1ccc(Br)cc1C. The normalized spacial score (nSPS) is 12.8. The number of hydrogen-bond donors (Lipinski definition) is 1. The molecule has 0 saturated carbocycles. The summed E-state index contributed by atoms with van der Waals surface area (Å²) in [5.74, 6) is 0. The van der Waals surface area contributed by atoms with Gasteiger partial charge in [-0.25, -0.2) is 0 Å². The van der Waals surface area contributed by atoms with Crippen LogP contribution in [0.4, 0.5) is 0 Å². The molecule has 0 bridgehead atoms. The molecule has 0 aliphatic carbocycles. The molecule has 2 nitrogen and oxygen atoms in total. The Bertz CT molecular complexity index is 328. The zero-order valence-electron chi connectivity index (χ0n) is 10.2. The largest absolute Gasteiger partial charge is 0.377 e. The second-order valence-corrected chi connectivity index (χ2v) is 4.88. The average molecular weight is 286 g/mol. The molecule has 0 aliphatic rings. The number of ether oxygens (including phenoxy) is 1. The van der Waals surface area contributed by atoms with Gasteiger partial charge in [0, 0.05) is 24.2 Å². The fourth-order valence-corrected chi connectivity index (χ4v) is 2.09. The van der Waals surface area contributed by atoms with E-state index in [1.165, 1.54) is 11.1 Å². The van der Waals surface area contributed by atoms with Gasteiger partial charge in [-0.2, -0.15) is 0 Å². The van der Waals surface area contributed by atoms with Crippen LogP contribution < -0.4 is 5.32 Å². The number of nitrogens with one attached hydrogen (secondary N) is 1. The van der Waals surface area contributed by atoms with E-state index in [2.05, 4.69) is 53.3 Å². The molecular weight excluding hydrogens is 266 g/mol. The second kappa shape index (κ2) is 7.05. The Morgan fingerprint density at radius 3 is 2.81 bits per heavy atom. The number of benzene rings is 1. The summed E-state index contributed by atoms with van der Waals surface area (Å²) < 4.78 is 6.59. The summed E-state index contributed by atoms with van der Waals surface area (Å²) in [6.07, 6.45) is 0.278. The highest BCUT2D eigenvalue weighted by molar-refractivity contribution is 9.10. The summed E-state index contributed by atoms with van der Waals surface area (Å²) in [5, 5.41) is 3.41. The molecular formula is C13H20BrNO. The van der Waals surface area contributed by atoms with Crippen molar-refractivity contribution < 1.29 is 4.74 Å². The van der Waals surface area contributed by atoms with E-state index in [-0.39, 0.29) is 6.10 Å². The molecule has 0 spiro atoms. The molecule has 1 aromatic rings. The van der Waals surface area contributed by atoms with E-state index in [9.17, 15) is 0 Å². The van der Waals surface area contributed by atoms with Gasteiger partial charge in [-0.3, -0.25) is 0 Å². The van der Waals surface area contributed by atoms with Crippen LogP contribution >= 0.6 is 15.9 Å². The maximum Gasteiger partial charge on any atom is 0.0671 e. The van der Waals surface area contributed by atoms with Crippen LogP contribution in [0, 0.1) is 6.92 Å². The molecule has 1 unspecified atom stereocenters. The number of aryl methyl sites for hydroxylation is 1. The molecule has 3 heteroatoms. The van der Waals surface area contributed by atoms with Crippen LogP contribution in [0.25, 0.3) is 0 Å². The van der Waals surface area contributed by atoms with E-state index in [4.69, 9.17) is 4.74 Å². The summed E-state index contributed by atoms with van der Waals surface area (Å²) in [6, 6.07) is 6.37. The van der Waals surface area contributed by atoms with Crippen molar-refractivity contribution in [1.82, 2.24) is 5.32 Å². The van der Waals surface area contributed by atoms with Crippen molar-refractivity contribution in [1.29, 1.82) is 0 Å². The van der Waals surface area contributed by atoms with Crippen LogP contribution in [0.5, 0.6) is 0 Å². The lowest BCUT2D eigenvalue weighted by Crippen LogP contribution is -2.26. The number of halogens is 1. The molecule has 0 amide bonds. The topological polar surface area (TPSA) is 21.3 Å². The van der Waals surface area contributed by atoms with Crippen molar-refractivity contribution in [3.05, 3.63) is 33.8 Å². The van der Waals surface area contributed by atoms with Gasteiger partial charge in [-0.15, -0.1) is 0 Å². The zero-order valence-corrected chi connectivity index (χ0v) is 11.8. The van der Waals surface area contributed by atoms with Crippen LogP contribution in [-0.4, -0.2) is 19.3 Å². The van der Waals surface area contributed by atoms with E-state index in [0.29, 0.717) is 0 Å². The Morgan fingerprint density at radius 1 is 1.44 bits per heavy atom. The lowest BCUT2D eigenvalue weighted by Gasteiger charge is -2.13. The fraction of sp³-hybridized carbons (Fsp3) is 0.538. The zero-order chi connectivity index (χ0) is 12.0. The Morgan fingerprint density at radius 2 is 2.19 bits per heavy atom. The molecule has 0 saturated heterocycles. The van der Waals surface area contributed by atoms with Crippen LogP contribution in [0.1, 0.15) is 25.0 Å². The third-order valence-electron chi connectivity index (χ3n) is 2.50. The van der Waals surface area contributed by atoms with E-state index in [1.807, 2.05) is 6.92 Å². The first-order chi connectivity index (χ1) is 7.63. The van der Waals surface area contributed by atoms with Crippen molar-refractivity contribution in [2.75, 3.05) is 13.2 Å². The Hall–Kier alpha value is -0.380. The molecule has 0 aromatic heterocycles. The smallest absolute Gasteiger partial charge is 0.0671 e. The highest BCUT2D eigenvalue weighted by Gasteiger charge is 2.02. The molecule has 0 heterocycles. The summed E-state index contributed by atoms with van der Waals surface area (Å²) in [4.78, 5) is 0. The fourth-order valence-electron chi connectivity index (χ4n) is 1.61. The van der Waals surface area contributed by atoms with Gasteiger partial charge < -0.3 is 10.1 Å². The predicted molar refractivity (Wildman–Crippen MR) is 71.7 cm³/mol. The molecule has 1 rings (SSSR count). The van der Waals surface area contributed by atoms with E-state index in [0.717, 1.165) is 24.2 Å². The lowest BCUT2D eigenvalue weighted by molar-refractivity contribution is 0.0759. The van der Waals surface area contributed by atoms with Crippen LogP contribution in [0.15, 0.2) is 22.7 Å². The molecule has 90 valence electrons. The van der Waals surface area contributed by atoms with Crippen molar-refractivity contribution in [2.45, 2.75) is 33.4 Å². The second-order valence-electron chi connectivity index (χ2n) is 3.97. The van der Waals surface area contributed by atoms with Crippen LogP contribution in [0.2, 0.25) is 0 Å². The monoisotopic (exact) mass is 285 g/mol. The van der Waals surface area contributed by atoms with Crippen molar-refractivity contribution in [3.63, 3.8) is 0 Å². The molecule has 0 fully saturated rings.